The summed E-state index contributed by atoms with van der Waals surface area (Å²) in [6.45, 7) is 3.51. The second-order valence-electron chi connectivity index (χ2n) is 5.80. The van der Waals surface area contributed by atoms with Gasteiger partial charge >= 0.3 is 0 Å². The summed E-state index contributed by atoms with van der Waals surface area (Å²) in [7, 11) is 1.52. The summed E-state index contributed by atoms with van der Waals surface area (Å²) in [5.41, 5.74) is 2.10. The average molecular weight is 376 g/mol. The van der Waals surface area contributed by atoms with Crippen molar-refractivity contribution in [3.05, 3.63) is 53.1 Å². The van der Waals surface area contributed by atoms with Crippen LogP contribution in [0.3, 0.4) is 0 Å². The maximum absolute atomic E-state index is 12.3. The molecule has 7 heteroatoms. The van der Waals surface area contributed by atoms with Gasteiger partial charge in [-0.1, -0.05) is 23.7 Å². The number of carbonyl (C=O) groups is 2. The van der Waals surface area contributed by atoms with Gasteiger partial charge in [0.15, 0.2) is 0 Å². The molecule has 2 aromatic rings. The monoisotopic (exact) mass is 375 g/mol. The molecule has 6 nitrogen and oxygen atoms in total. The van der Waals surface area contributed by atoms with Gasteiger partial charge in [-0.3, -0.25) is 9.59 Å². The first kappa shape index (κ1) is 19.8. The fourth-order valence-electron chi connectivity index (χ4n) is 2.40. The number of methoxy groups -OCH3 is 1. The second-order valence-corrected chi connectivity index (χ2v) is 6.24. The molecule has 2 amide bonds. The van der Waals surface area contributed by atoms with Crippen LogP contribution in [-0.2, 0) is 9.59 Å². The number of halogens is 1. The predicted molar refractivity (Wildman–Crippen MR) is 104 cm³/mol. The van der Waals surface area contributed by atoms with Gasteiger partial charge in [0, 0.05) is 23.7 Å². The molecule has 138 valence electrons. The molecule has 0 saturated heterocycles. The van der Waals surface area contributed by atoms with E-state index in [-0.39, 0.29) is 24.4 Å². The minimum absolute atomic E-state index is 0.00868. The Balaban J connectivity index is 1.98. The smallest absolute Gasteiger partial charge is 0.238 e. The number of rotatable bonds is 7. The number of hydrogen-bond donors (Lipinski definition) is 3. The third-order valence-corrected chi connectivity index (χ3v) is 3.98. The topological polar surface area (TPSA) is 79.5 Å². The summed E-state index contributed by atoms with van der Waals surface area (Å²) in [6, 6.07) is 12.5. The van der Waals surface area contributed by atoms with Gasteiger partial charge in [0.1, 0.15) is 5.75 Å². The highest BCUT2D eigenvalue weighted by atomic mass is 35.5. The Morgan fingerprint density at radius 1 is 1.12 bits per heavy atom. The van der Waals surface area contributed by atoms with E-state index in [1.807, 2.05) is 31.2 Å². The Hall–Kier alpha value is -2.57. The number of hydrogen-bond acceptors (Lipinski definition) is 4. The first-order chi connectivity index (χ1) is 12.4. The van der Waals surface area contributed by atoms with E-state index < -0.39 is 0 Å². The van der Waals surface area contributed by atoms with E-state index >= 15 is 0 Å². The van der Waals surface area contributed by atoms with Crippen LogP contribution in [0.5, 0.6) is 5.75 Å². The van der Waals surface area contributed by atoms with Crippen molar-refractivity contribution in [2.45, 2.75) is 19.9 Å². The molecule has 2 aromatic carbocycles. The Labute approximate surface area is 157 Å². The van der Waals surface area contributed by atoms with Gasteiger partial charge in [-0.2, -0.15) is 0 Å². The molecule has 2 rings (SSSR count). The first-order valence-electron chi connectivity index (χ1n) is 8.13. The lowest BCUT2D eigenvalue weighted by atomic mass is 10.1. The van der Waals surface area contributed by atoms with Crippen LogP contribution in [0.25, 0.3) is 0 Å². The summed E-state index contributed by atoms with van der Waals surface area (Å²) in [4.78, 5) is 23.5. The first-order valence-corrected chi connectivity index (χ1v) is 8.51. The number of amides is 2. The van der Waals surface area contributed by atoms with E-state index in [9.17, 15) is 9.59 Å². The Morgan fingerprint density at radius 2 is 1.81 bits per heavy atom. The van der Waals surface area contributed by atoms with Crippen LogP contribution < -0.4 is 20.7 Å². The molecule has 26 heavy (non-hydrogen) atoms. The van der Waals surface area contributed by atoms with Gasteiger partial charge < -0.3 is 20.7 Å². The molecule has 3 N–H and O–H groups in total. The molecule has 1 unspecified atom stereocenters. The SMILES string of the molecule is COc1ccc(NC(C)=O)cc1NC(=O)CNC(C)c1ccc(Cl)cc1. The molecule has 0 radical (unpaired) electrons. The van der Waals surface area contributed by atoms with Crippen LogP contribution in [-0.4, -0.2) is 25.5 Å². The van der Waals surface area contributed by atoms with Crippen LogP contribution in [0.15, 0.2) is 42.5 Å². The van der Waals surface area contributed by atoms with Crippen LogP contribution in [0, 0.1) is 0 Å². The van der Waals surface area contributed by atoms with E-state index in [4.69, 9.17) is 16.3 Å². The molecule has 0 bridgehead atoms. The lowest BCUT2D eigenvalue weighted by Gasteiger charge is -2.16. The summed E-state index contributed by atoms with van der Waals surface area (Å²) in [6.07, 6.45) is 0. The molecule has 0 aliphatic heterocycles. The molecule has 0 heterocycles. The molecule has 0 fully saturated rings. The lowest BCUT2D eigenvalue weighted by Crippen LogP contribution is -2.30. The maximum atomic E-state index is 12.3. The van der Waals surface area contributed by atoms with E-state index in [0.29, 0.717) is 22.1 Å². The molecule has 0 aliphatic rings. The summed E-state index contributed by atoms with van der Waals surface area (Å²) in [5, 5.41) is 9.29. The highest BCUT2D eigenvalue weighted by Crippen LogP contribution is 2.27. The van der Waals surface area contributed by atoms with Crippen molar-refractivity contribution in [1.29, 1.82) is 0 Å². The fraction of sp³-hybridized carbons (Fsp3) is 0.263. The molecule has 1 atom stereocenters. The molecule has 0 aliphatic carbocycles. The maximum Gasteiger partial charge on any atom is 0.238 e. The van der Waals surface area contributed by atoms with Crippen LogP contribution in [0.2, 0.25) is 5.02 Å². The van der Waals surface area contributed by atoms with E-state index in [0.717, 1.165) is 5.56 Å². The largest absolute Gasteiger partial charge is 0.495 e. The van der Waals surface area contributed by atoms with Gasteiger partial charge in [0.05, 0.1) is 19.3 Å². The summed E-state index contributed by atoms with van der Waals surface area (Å²) < 4.78 is 5.25. The second kappa shape index (κ2) is 9.22. The van der Waals surface area contributed by atoms with Crippen molar-refractivity contribution < 1.29 is 14.3 Å². The van der Waals surface area contributed by atoms with Gasteiger partial charge in [-0.05, 0) is 42.8 Å². The number of anilines is 2. The van der Waals surface area contributed by atoms with Gasteiger partial charge in [-0.25, -0.2) is 0 Å². The number of ether oxygens (including phenoxy) is 1. The van der Waals surface area contributed by atoms with Crippen molar-refractivity contribution in [2.24, 2.45) is 0 Å². The molecule has 0 aromatic heterocycles. The summed E-state index contributed by atoms with van der Waals surface area (Å²) in [5.74, 6) is 0.105. The minimum atomic E-state index is -0.218. The van der Waals surface area contributed by atoms with E-state index in [1.165, 1.54) is 14.0 Å². The number of nitrogens with one attached hydrogen (secondary N) is 3. The normalized spacial score (nSPS) is 11.5. The zero-order chi connectivity index (χ0) is 19.1. The lowest BCUT2D eigenvalue weighted by molar-refractivity contribution is -0.115. The number of carbonyl (C=O) groups excluding carboxylic acids is 2. The minimum Gasteiger partial charge on any atom is -0.495 e. The van der Waals surface area contributed by atoms with Crippen LogP contribution in [0.1, 0.15) is 25.5 Å². The van der Waals surface area contributed by atoms with Crippen molar-refractivity contribution >= 4 is 34.8 Å². The van der Waals surface area contributed by atoms with Crippen molar-refractivity contribution in [3.63, 3.8) is 0 Å². The Bertz CT molecular complexity index is 778. The quantitative estimate of drug-likeness (QED) is 0.690. The van der Waals surface area contributed by atoms with E-state index in [1.54, 1.807) is 18.2 Å². The van der Waals surface area contributed by atoms with Crippen molar-refractivity contribution in [2.75, 3.05) is 24.3 Å². The van der Waals surface area contributed by atoms with Gasteiger partial charge in [0.25, 0.3) is 0 Å². The van der Waals surface area contributed by atoms with Crippen LogP contribution in [0.4, 0.5) is 11.4 Å². The van der Waals surface area contributed by atoms with E-state index in [2.05, 4.69) is 16.0 Å². The highest BCUT2D eigenvalue weighted by Gasteiger charge is 2.11. The standard InChI is InChI=1S/C19H22ClN3O3/c1-12(14-4-6-15(20)7-5-14)21-11-19(25)23-17-10-16(22-13(2)24)8-9-18(17)26-3/h4-10,12,21H,11H2,1-3H3,(H,22,24)(H,23,25). The highest BCUT2D eigenvalue weighted by molar-refractivity contribution is 6.30. The van der Waals surface area contributed by atoms with Crippen LogP contribution >= 0.6 is 11.6 Å². The van der Waals surface area contributed by atoms with Gasteiger partial charge in [-0.15, -0.1) is 0 Å². The Kier molecular flexibility index (Phi) is 7.00. The fourth-order valence-corrected chi connectivity index (χ4v) is 2.52. The third kappa shape index (κ3) is 5.75. The zero-order valence-electron chi connectivity index (χ0n) is 14.9. The average Bonchev–Trinajstić information content (AvgIpc) is 2.60. The summed E-state index contributed by atoms with van der Waals surface area (Å²) >= 11 is 5.88. The molecular weight excluding hydrogens is 354 g/mol. The predicted octanol–water partition coefficient (Wildman–Crippen LogP) is 3.60. The zero-order valence-corrected chi connectivity index (χ0v) is 15.7. The Morgan fingerprint density at radius 3 is 2.42 bits per heavy atom. The molecular formula is C19H22ClN3O3. The van der Waals surface area contributed by atoms with Crippen molar-refractivity contribution in [3.8, 4) is 5.75 Å². The molecule has 0 saturated carbocycles. The molecule has 0 spiro atoms. The van der Waals surface area contributed by atoms with Crippen molar-refractivity contribution in [1.82, 2.24) is 5.32 Å². The van der Waals surface area contributed by atoms with Gasteiger partial charge in [0.2, 0.25) is 11.8 Å². The number of benzene rings is 2. The third-order valence-electron chi connectivity index (χ3n) is 3.73.